The third-order valence-corrected chi connectivity index (χ3v) is 4.10. The van der Waals surface area contributed by atoms with E-state index in [1.54, 1.807) is 7.11 Å². The van der Waals surface area contributed by atoms with Gasteiger partial charge in [0.05, 0.1) is 17.7 Å². The summed E-state index contributed by atoms with van der Waals surface area (Å²) in [6.45, 7) is 3.34. The van der Waals surface area contributed by atoms with Crippen LogP contribution in [0.5, 0.6) is 5.75 Å². The summed E-state index contributed by atoms with van der Waals surface area (Å²) in [5.41, 5.74) is 0.946. The summed E-state index contributed by atoms with van der Waals surface area (Å²) in [4.78, 5) is 2.42. The molecule has 0 aromatic heterocycles. The van der Waals surface area contributed by atoms with E-state index in [-0.39, 0.29) is 0 Å². The van der Waals surface area contributed by atoms with Crippen LogP contribution in [0.4, 0.5) is 0 Å². The molecule has 0 spiro atoms. The van der Waals surface area contributed by atoms with Crippen molar-refractivity contribution in [3.8, 4) is 5.75 Å². The average Bonchev–Trinajstić information content (AvgIpc) is 2.89. The van der Waals surface area contributed by atoms with Crippen LogP contribution in [0, 0.1) is 0 Å². The van der Waals surface area contributed by atoms with Gasteiger partial charge in [-0.3, -0.25) is 0 Å². The van der Waals surface area contributed by atoms with Gasteiger partial charge in [-0.1, -0.05) is 6.07 Å². The van der Waals surface area contributed by atoms with E-state index in [1.807, 2.05) is 18.2 Å². The number of aliphatic hydroxyl groups is 1. The van der Waals surface area contributed by atoms with Crippen molar-refractivity contribution in [2.24, 2.45) is 0 Å². The van der Waals surface area contributed by atoms with Crippen molar-refractivity contribution in [3.05, 3.63) is 28.2 Å². The molecule has 1 aliphatic rings. The number of methoxy groups -OCH3 is 1. The Kier molecular flexibility index (Phi) is 5.03. The topological polar surface area (TPSA) is 32.7 Å². The summed E-state index contributed by atoms with van der Waals surface area (Å²) < 4.78 is 6.08. The molecule has 1 N–H and O–H groups in total. The molecule has 0 aliphatic carbocycles. The van der Waals surface area contributed by atoms with E-state index < -0.39 is 6.10 Å². The number of hydrogen-bond donors (Lipinski definition) is 1. The number of rotatable bonds is 5. The van der Waals surface area contributed by atoms with Crippen LogP contribution in [0.15, 0.2) is 22.7 Å². The van der Waals surface area contributed by atoms with E-state index in [9.17, 15) is 5.11 Å². The predicted octanol–water partition coefficient (Wildman–Crippen LogP) is 2.98. The Morgan fingerprint density at radius 2 is 2.11 bits per heavy atom. The molecule has 1 unspecified atom stereocenters. The second-order valence-electron chi connectivity index (χ2n) is 4.75. The van der Waals surface area contributed by atoms with E-state index in [0.717, 1.165) is 28.8 Å². The van der Waals surface area contributed by atoms with E-state index in [4.69, 9.17) is 4.74 Å². The fourth-order valence-electron chi connectivity index (χ4n) is 2.37. The smallest absolute Gasteiger partial charge is 0.133 e. The number of halogens is 1. The van der Waals surface area contributed by atoms with Crippen molar-refractivity contribution in [3.63, 3.8) is 0 Å². The van der Waals surface area contributed by atoms with Crippen molar-refractivity contribution >= 4 is 15.9 Å². The SMILES string of the molecule is COc1ccc(C(O)CCN2CCCC2)cc1Br. The van der Waals surface area contributed by atoms with Crippen LogP contribution in [-0.4, -0.2) is 36.8 Å². The first-order valence-corrected chi connectivity index (χ1v) is 7.24. The molecule has 1 saturated heterocycles. The van der Waals surface area contributed by atoms with Gasteiger partial charge in [-0.2, -0.15) is 0 Å². The van der Waals surface area contributed by atoms with Gasteiger partial charge in [0.2, 0.25) is 0 Å². The normalized spacial score (nSPS) is 17.9. The lowest BCUT2D eigenvalue weighted by molar-refractivity contribution is 0.149. The molecule has 0 saturated carbocycles. The number of nitrogens with zero attached hydrogens (tertiary/aromatic N) is 1. The van der Waals surface area contributed by atoms with Crippen LogP contribution in [0.3, 0.4) is 0 Å². The highest BCUT2D eigenvalue weighted by Gasteiger charge is 2.15. The standard InChI is InChI=1S/C14H20BrNO2/c1-18-14-5-4-11(10-12(14)15)13(17)6-9-16-7-2-3-8-16/h4-5,10,13,17H,2-3,6-9H2,1H3. The molecule has 0 bridgehead atoms. The van der Waals surface area contributed by atoms with Crippen molar-refractivity contribution in [1.29, 1.82) is 0 Å². The second-order valence-corrected chi connectivity index (χ2v) is 5.60. The summed E-state index contributed by atoms with van der Waals surface area (Å²) in [5.74, 6) is 0.797. The van der Waals surface area contributed by atoms with Gasteiger partial charge in [0, 0.05) is 6.54 Å². The number of ether oxygens (including phenoxy) is 1. The minimum atomic E-state index is -0.396. The predicted molar refractivity (Wildman–Crippen MR) is 75.9 cm³/mol. The van der Waals surface area contributed by atoms with Gasteiger partial charge in [-0.25, -0.2) is 0 Å². The molecule has 1 atom stereocenters. The molecule has 0 amide bonds. The Labute approximate surface area is 117 Å². The molecular weight excluding hydrogens is 294 g/mol. The van der Waals surface area contributed by atoms with Crippen LogP contribution in [0.25, 0.3) is 0 Å². The first-order chi connectivity index (χ1) is 8.70. The summed E-state index contributed by atoms with van der Waals surface area (Å²) in [6.07, 6.45) is 2.99. The lowest BCUT2D eigenvalue weighted by atomic mass is 10.1. The van der Waals surface area contributed by atoms with Gasteiger partial charge in [0.15, 0.2) is 0 Å². The second kappa shape index (κ2) is 6.55. The highest BCUT2D eigenvalue weighted by atomic mass is 79.9. The molecule has 18 heavy (non-hydrogen) atoms. The molecule has 0 radical (unpaired) electrons. The zero-order chi connectivity index (χ0) is 13.0. The number of aliphatic hydroxyl groups excluding tert-OH is 1. The summed E-state index contributed by atoms with van der Waals surface area (Å²) in [5, 5.41) is 10.2. The molecule has 3 nitrogen and oxygen atoms in total. The summed E-state index contributed by atoms with van der Waals surface area (Å²) >= 11 is 3.45. The Hall–Kier alpha value is -0.580. The van der Waals surface area contributed by atoms with Crippen molar-refractivity contribution in [2.75, 3.05) is 26.7 Å². The van der Waals surface area contributed by atoms with Crippen molar-refractivity contribution < 1.29 is 9.84 Å². The first-order valence-electron chi connectivity index (χ1n) is 6.44. The maximum absolute atomic E-state index is 10.2. The number of hydrogen-bond acceptors (Lipinski definition) is 3. The molecule has 2 rings (SSSR count). The maximum Gasteiger partial charge on any atom is 0.133 e. The average molecular weight is 314 g/mol. The zero-order valence-electron chi connectivity index (χ0n) is 10.7. The van der Waals surface area contributed by atoms with Gasteiger partial charge < -0.3 is 14.7 Å². The zero-order valence-corrected chi connectivity index (χ0v) is 12.3. The Morgan fingerprint density at radius 1 is 1.39 bits per heavy atom. The minimum absolute atomic E-state index is 0.396. The maximum atomic E-state index is 10.2. The third kappa shape index (κ3) is 3.46. The largest absolute Gasteiger partial charge is 0.496 e. The van der Waals surface area contributed by atoms with Crippen LogP contribution >= 0.6 is 15.9 Å². The number of benzene rings is 1. The molecule has 4 heteroatoms. The Morgan fingerprint density at radius 3 is 2.72 bits per heavy atom. The molecule has 100 valence electrons. The van der Waals surface area contributed by atoms with Crippen LogP contribution in [-0.2, 0) is 0 Å². The fraction of sp³-hybridized carbons (Fsp3) is 0.571. The summed E-state index contributed by atoms with van der Waals surface area (Å²) in [6, 6.07) is 5.75. The van der Waals surface area contributed by atoms with Gasteiger partial charge in [-0.05, 0) is 66.0 Å². The monoisotopic (exact) mass is 313 g/mol. The molecule has 1 fully saturated rings. The minimum Gasteiger partial charge on any atom is -0.496 e. The molecule has 1 aromatic carbocycles. The van der Waals surface area contributed by atoms with E-state index >= 15 is 0 Å². The lowest BCUT2D eigenvalue weighted by Gasteiger charge is -2.18. The fourth-order valence-corrected chi connectivity index (χ4v) is 2.93. The Bertz CT molecular complexity index is 391. The summed E-state index contributed by atoms with van der Waals surface area (Å²) in [7, 11) is 1.64. The first kappa shape index (κ1) is 13.8. The highest BCUT2D eigenvalue weighted by Crippen LogP contribution is 2.29. The van der Waals surface area contributed by atoms with E-state index in [2.05, 4.69) is 20.8 Å². The molecule has 1 aromatic rings. The molecule has 1 heterocycles. The quantitative estimate of drug-likeness (QED) is 0.907. The van der Waals surface area contributed by atoms with Gasteiger partial charge in [0.25, 0.3) is 0 Å². The van der Waals surface area contributed by atoms with Crippen molar-refractivity contribution in [1.82, 2.24) is 4.90 Å². The third-order valence-electron chi connectivity index (χ3n) is 3.48. The Balaban J connectivity index is 1.91. The molecular formula is C14H20BrNO2. The lowest BCUT2D eigenvalue weighted by Crippen LogP contribution is -2.22. The van der Waals surface area contributed by atoms with Crippen LogP contribution < -0.4 is 4.74 Å². The van der Waals surface area contributed by atoms with Gasteiger partial charge >= 0.3 is 0 Å². The van der Waals surface area contributed by atoms with Gasteiger partial charge in [-0.15, -0.1) is 0 Å². The van der Waals surface area contributed by atoms with E-state index in [1.165, 1.54) is 25.9 Å². The van der Waals surface area contributed by atoms with Crippen molar-refractivity contribution in [2.45, 2.75) is 25.4 Å². The van der Waals surface area contributed by atoms with Crippen LogP contribution in [0.2, 0.25) is 0 Å². The highest BCUT2D eigenvalue weighted by molar-refractivity contribution is 9.10. The van der Waals surface area contributed by atoms with Crippen LogP contribution in [0.1, 0.15) is 30.9 Å². The van der Waals surface area contributed by atoms with E-state index in [0.29, 0.717) is 0 Å². The number of likely N-dealkylation sites (tertiary alicyclic amines) is 1. The van der Waals surface area contributed by atoms with Gasteiger partial charge in [0.1, 0.15) is 5.75 Å². The molecule has 1 aliphatic heterocycles.